The van der Waals surface area contributed by atoms with E-state index in [0.29, 0.717) is 0 Å². The van der Waals surface area contributed by atoms with Crippen molar-refractivity contribution in [3.05, 3.63) is 30.3 Å². The molecule has 0 aliphatic carbocycles. The molecular weight excluding hydrogens is 181 g/mol. The summed E-state index contributed by atoms with van der Waals surface area (Å²) in [6, 6.07) is 9.76. The van der Waals surface area contributed by atoms with E-state index in [-0.39, 0.29) is 0 Å². The Balaban J connectivity index is 2.77. The maximum absolute atomic E-state index is 5.65. The topological polar surface area (TPSA) is 3.24 Å². The molecule has 0 aromatic heterocycles. The lowest BCUT2D eigenvalue weighted by Gasteiger charge is -2.19. The van der Waals surface area contributed by atoms with Crippen LogP contribution in [0.3, 0.4) is 0 Å². The van der Waals surface area contributed by atoms with Gasteiger partial charge in [0.05, 0.1) is 0 Å². The van der Waals surface area contributed by atoms with Gasteiger partial charge in [-0.3, -0.25) is 0 Å². The number of alkyl halides is 2. The first-order chi connectivity index (χ1) is 5.22. The molecule has 0 N–H and O–H groups in total. The van der Waals surface area contributed by atoms with Gasteiger partial charge in [-0.1, -0.05) is 41.4 Å². The molecule has 0 atom stereocenters. The third-order valence-electron chi connectivity index (χ3n) is 1.46. The van der Waals surface area contributed by atoms with Gasteiger partial charge >= 0.3 is 0 Å². The summed E-state index contributed by atoms with van der Waals surface area (Å²) in [5, 5.41) is 0. The molecule has 0 radical (unpaired) electrons. The quantitative estimate of drug-likeness (QED) is 0.511. The molecule has 0 fully saturated rings. The van der Waals surface area contributed by atoms with Crippen molar-refractivity contribution in [1.29, 1.82) is 0 Å². The van der Waals surface area contributed by atoms with E-state index in [9.17, 15) is 0 Å². The van der Waals surface area contributed by atoms with Crippen LogP contribution in [0.1, 0.15) is 0 Å². The van der Waals surface area contributed by atoms with Crippen LogP contribution in [-0.4, -0.2) is 12.0 Å². The Morgan fingerprint density at radius 2 is 1.73 bits per heavy atom. The molecule has 0 bridgehead atoms. The molecular formula is C8H9Cl2N. The van der Waals surface area contributed by atoms with E-state index in [0.717, 1.165) is 5.69 Å². The molecule has 1 nitrogen and oxygen atoms in total. The van der Waals surface area contributed by atoms with Crippen LogP contribution >= 0.6 is 23.2 Å². The summed E-state index contributed by atoms with van der Waals surface area (Å²) in [5.74, 6) is 0. The summed E-state index contributed by atoms with van der Waals surface area (Å²) in [4.78, 5) is 1.29. The molecule has 0 saturated carbocycles. The zero-order valence-electron chi connectivity index (χ0n) is 6.17. The second-order valence-electron chi connectivity index (χ2n) is 2.22. The van der Waals surface area contributed by atoms with Gasteiger partial charge in [0.15, 0.2) is 4.96 Å². The van der Waals surface area contributed by atoms with Gasteiger partial charge in [-0.25, -0.2) is 0 Å². The maximum atomic E-state index is 5.65. The van der Waals surface area contributed by atoms with Crippen LogP contribution in [0.4, 0.5) is 5.69 Å². The molecule has 0 aliphatic rings. The van der Waals surface area contributed by atoms with E-state index in [2.05, 4.69) is 0 Å². The zero-order valence-corrected chi connectivity index (χ0v) is 7.68. The normalized spacial score (nSPS) is 10.2. The number of halogens is 2. The Morgan fingerprint density at radius 1 is 1.18 bits per heavy atom. The summed E-state index contributed by atoms with van der Waals surface area (Å²) in [5.41, 5.74) is 1.02. The SMILES string of the molecule is CN(c1ccccc1)C(Cl)Cl. The molecule has 0 heterocycles. The van der Waals surface area contributed by atoms with Gasteiger partial charge in [0.1, 0.15) is 0 Å². The van der Waals surface area contributed by atoms with Crippen molar-refractivity contribution in [1.82, 2.24) is 0 Å². The molecule has 0 aliphatic heterocycles. The summed E-state index contributed by atoms with van der Waals surface area (Å²) < 4.78 is 0. The van der Waals surface area contributed by atoms with E-state index in [1.807, 2.05) is 37.4 Å². The number of hydrogen-bond donors (Lipinski definition) is 0. The third kappa shape index (κ3) is 2.28. The molecule has 60 valence electrons. The van der Waals surface area contributed by atoms with Crippen molar-refractivity contribution < 1.29 is 0 Å². The molecule has 1 rings (SSSR count). The first-order valence-electron chi connectivity index (χ1n) is 3.28. The van der Waals surface area contributed by atoms with Gasteiger partial charge in [0.2, 0.25) is 0 Å². The van der Waals surface area contributed by atoms with Crippen LogP contribution in [0.2, 0.25) is 0 Å². The molecule has 0 amide bonds. The first kappa shape index (κ1) is 8.69. The van der Waals surface area contributed by atoms with Crippen LogP contribution < -0.4 is 4.90 Å². The second-order valence-corrected chi connectivity index (χ2v) is 3.27. The highest BCUT2D eigenvalue weighted by Crippen LogP contribution is 2.17. The Kier molecular flexibility index (Phi) is 3.03. The number of para-hydroxylation sites is 1. The number of rotatable bonds is 2. The largest absolute Gasteiger partial charge is 0.346 e. The third-order valence-corrected chi connectivity index (χ3v) is 2.04. The van der Waals surface area contributed by atoms with Crippen LogP contribution in [0, 0.1) is 0 Å². The highest BCUT2D eigenvalue weighted by Gasteiger charge is 2.06. The van der Waals surface area contributed by atoms with E-state index < -0.39 is 4.96 Å². The monoisotopic (exact) mass is 189 g/mol. The van der Waals surface area contributed by atoms with Crippen molar-refractivity contribution in [2.45, 2.75) is 4.96 Å². The molecule has 1 aromatic carbocycles. The van der Waals surface area contributed by atoms with Gasteiger partial charge in [-0.05, 0) is 12.1 Å². The number of nitrogens with zero attached hydrogens (tertiary/aromatic N) is 1. The standard InChI is InChI=1S/C8H9Cl2N/c1-11(8(9)10)7-5-3-2-4-6-7/h2-6,8H,1H3. The van der Waals surface area contributed by atoms with Gasteiger partial charge in [-0.15, -0.1) is 0 Å². The summed E-state index contributed by atoms with van der Waals surface area (Å²) in [7, 11) is 1.85. The van der Waals surface area contributed by atoms with E-state index in [1.165, 1.54) is 0 Å². The fourth-order valence-electron chi connectivity index (χ4n) is 0.776. The Bertz CT molecular complexity index is 211. The van der Waals surface area contributed by atoms with Crippen molar-refractivity contribution in [2.75, 3.05) is 11.9 Å². The van der Waals surface area contributed by atoms with Crippen LogP contribution in [-0.2, 0) is 0 Å². The summed E-state index contributed by atoms with van der Waals surface area (Å²) in [6.07, 6.45) is 0. The number of anilines is 1. The fraction of sp³-hybridized carbons (Fsp3) is 0.250. The minimum Gasteiger partial charge on any atom is -0.346 e. The van der Waals surface area contributed by atoms with Crippen LogP contribution in [0.5, 0.6) is 0 Å². The number of benzene rings is 1. The lowest BCUT2D eigenvalue weighted by Crippen LogP contribution is -2.21. The molecule has 1 aromatic rings. The zero-order chi connectivity index (χ0) is 8.27. The lowest BCUT2D eigenvalue weighted by molar-refractivity contribution is 1.03. The minimum atomic E-state index is -0.489. The van der Waals surface area contributed by atoms with Crippen molar-refractivity contribution in [3.63, 3.8) is 0 Å². The van der Waals surface area contributed by atoms with Crippen LogP contribution in [0.25, 0.3) is 0 Å². The average molecular weight is 190 g/mol. The summed E-state index contributed by atoms with van der Waals surface area (Å²) >= 11 is 11.3. The van der Waals surface area contributed by atoms with Gasteiger partial charge in [0, 0.05) is 12.7 Å². The van der Waals surface area contributed by atoms with Crippen molar-refractivity contribution in [3.8, 4) is 0 Å². The summed E-state index contributed by atoms with van der Waals surface area (Å²) in [6.45, 7) is 0. The molecule has 0 saturated heterocycles. The predicted molar refractivity (Wildman–Crippen MR) is 50.3 cm³/mol. The Morgan fingerprint density at radius 3 is 2.18 bits per heavy atom. The molecule has 3 heteroatoms. The predicted octanol–water partition coefficient (Wildman–Crippen LogP) is 2.88. The van der Waals surface area contributed by atoms with E-state index >= 15 is 0 Å². The highest BCUT2D eigenvalue weighted by molar-refractivity contribution is 6.45. The lowest BCUT2D eigenvalue weighted by atomic mass is 10.3. The highest BCUT2D eigenvalue weighted by atomic mass is 35.5. The maximum Gasteiger partial charge on any atom is 0.179 e. The average Bonchev–Trinajstić information content (AvgIpc) is 2.05. The Labute approximate surface area is 76.5 Å². The van der Waals surface area contributed by atoms with Crippen molar-refractivity contribution >= 4 is 28.9 Å². The van der Waals surface area contributed by atoms with Gasteiger partial charge in [-0.2, -0.15) is 0 Å². The molecule has 0 spiro atoms. The minimum absolute atomic E-state index is 0.489. The van der Waals surface area contributed by atoms with Crippen molar-refractivity contribution in [2.24, 2.45) is 0 Å². The molecule has 11 heavy (non-hydrogen) atoms. The van der Waals surface area contributed by atoms with Gasteiger partial charge in [0.25, 0.3) is 0 Å². The molecule has 0 unspecified atom stereocenters. The Hall–Kier alpha value is -0.400. The van der Waals surface area contributed by atoms with E-state index in [1.54, 1.807) is 4.90 Å². The fourth-order valence-corrected chi connectivity index (χ4v) is 1.00. The van der Waals surface area contributed by atoms with E-state index in [4.69, 9.17) is 23.2 Å². The number of hydrogen-bond acceptors (Lipinski definition) is 1. The van der Waals surface area contributed by atoms with Gasteiger partial charge < -0.3 is 4.90 Å². The second kappa shape index (κ2) is 3.84. The van der Waals surface area contributed by atoms with Crippen LogP contribution in [0.15, 0.2) is 30.3 Å². The smallest absolute Gasteiger partial charge is 0.179 e. The first-order valence-corrected chi connectivity index (χ1v) is 4.15.